The van der Waals surface area contributed by atoms with Gasteiger partial charge in [0.1, 0.15) is 0 Å². The van der Waals surface area contributed by atoms with Gasteiger partial charge in [-0.3, -0.25) is 9.59 Å². The lowest BCUT2D eigenvalue weighted by Gasteiger charge is -2.16. The molecule has 1 aliphatic rings. The summed E-state index contributed by atoms with van der Waals surface area (Å²) in [4.78, 5) is 28.9. The molecule has 0 saturated carbocycles. The summed E-state index contributed by atoms with van der Waals surface area (Å²) in [6.07, 6.45) is 4.71. The smallest absolute Gasteiger partial charge is 0.308 e. The highest BCUT2D eigenvalue weighted by atomic mass is 16.4. The monoisotopic (exact) mass is 251 g/mol. The molecule has 1 aromatic heterocycles. The van der Waals surface area contributed by atoms with E-state index in [0.717, 1.165) is 6.42 Å². The Hall–Kier alpha value is -1.85. The molecule has 1 unspecified atom stereocenters. The molecule has 6 heteroatoms. The predicted molar refractivity (Wildman–Crippen MR) is 66.7 cm³/mol. The van der Waals surface area contributed by atoms with Crippen LogP contribution < -0.4 is 10.5 Å². The molecule has 1 N–H and O–H groups in total. The van der Waals surface area contributed by atoms with Crippen molar-refractivity contribution in [3.8, 4) is 0 Å². The first-order chi connectivity index (χ1) is 8.63. The molecule has 0 amide bonds. The molecular weight excluding hydrogens is 234 g/mol. The van der Waals surface area contributed by atoms with E-state index in [9.17, 15) is 9.59 Å². The van der Waals surface area contributed by atoms with Gasteiger partial charge >= 0.3 is 5.97 Å². The summed E-state index contributed by atoms with van der Waals surface area (Å²) in [5.41, 5.74) is -0.134. The molecule has 1 fully saturated rings. The van der Waals surface area contributed by atoms with Gasteiger partial charge in [-0.05, 0) is 12.8 Å². The minimum absolute atomic E-state index is 0.134. The summed E-state index contributed by atoms with van der Waals surface area (Å²) >= 11 is 0. The third-order valence-corrected chi connectivity index (χ3v) is 3.20. The summed E-state index contributed by atoms with van der Waals surface area (Å²) in [7, 11) is 0. The third-order valence-electron chi connectivity index (χ3n) is 3.20. The number of carboxylic acids is 1. The molecule has 18 heavy (non-hydrogen) atoms. The number of hydrogen-bond donors (Lipinski definition) is 1. The van der Waals surface area contributed by atoms with E-state index in [-0.39, 0.29) is 5.56 Å². The van der Waals surface area contributed by atoms with Crippen LogP contribution in [0.25, 0.3) is 0 Å². The highest BCUT2D eigenvalue weighted by Crippen LogP contribution is 2.19. The van der Waals surface area contributed by atoms with Crippen molar-refractivity contribution in [2.75, 3.05) is 18.0 Å². The molecule has 0 radical (unpaired) electrons. The Kier molecular flexibility index (Phi) is 3.64. The van der Waals surface area contributed by atoms with Gasteiger partial charge < -0.3 is 14.6 Å². The standard InChI is InChI=1S/C12H17N3O3/c1-2-5-14-7-4-13-10(11(14)16)15-6-3-9(8-15)12(17)18/h4,7,9H,2-3,5-6,8H2,1H3,(H,17,18). The van der Waals surface area contributed by atoms with Crippen LogP contribution in [0.1, 0.15) is 19.8 Å². The van der Waals surface area contributed by atoms with Gasteiger partial charge in [0.15, 0.2) is 5.82 Å². The van der Waals surface area contributed by atoms with Crippen LogP contribution in [0.5, 0.6) is 0 Å². The molecular formula is C12H17N3O3. The number of rotatable bonds is 4. The van der Waals surface area contributed by atoms with E-state index < -0.39 is 11.9 Å². The Balaban J connectivity index is 2.22. The average molecular weight is 251 g/mol. The van der Waals surface area contributed by atoms with E-state index in [1.165, 1.54) is 0 Å². The Bertz CT molecular complexity index is 498. The Morgan fingerprint density at radius 2 is 2.39 bits per heavy atom. The molecule has 1 atom stereocenters. The van der Waals surface area contributed by atoms with Gasteiger partial charge in [0, 0.05) is 32.0 Å². The second-order valence-electron chi connectivity index (χ2n) is 4.52. The topological polar surface area (TPSA) is 75.4 Å². The molecule has 98 valence electrons. The third kappa shape index (κ3) is 2.37. The van der Waals surface area contributed by atoms with Gasteiger partial charge in [0.25, 0.3) is 5.56 Å². The normalized spacial score (nSPS) is 19.2. The van der Waals surface area contributed by atoms with Crippen molar-refractivity contribution >= 4 is 11.8 Å². The Morgan fingerprint density at radius 3 is 3.00 bits per heavy atom. The van der Waals surface area contributed by atoms with Gasteiger partial charge in [-0.2, -0.15) is 0 Å². The number of carboxylic acid groups (broad SMARTS) is 1. The summed E-state index contributed by atoms with van der Waals surface area (Å²) in [5, 5.41) is 8.96. The first-order valence-corrected chi connectivity index (χ1v) is 6.16. The van der Waals surface area contributed by atoms with E-state index in [1.54, 1.807) is 21.9 Å². The SMILES string of the molecule is CCCn1ccnc(N2CCC(C(=O)O)C2)c1=O. The number of anilines is 1. The lowest BCUT2D eigenvalue weighted by Crippen LogP contribution is -2.32. The van der Waals surface area contributed by atoms with Crippen molar-refractivity contribution in [1.29, 1.82) is 0 Å². The van der Waals surface area contributed by atoms with Crippen LogP contribution in [-0.2, 0) is 11.3 Å². The number of aromatic nitrogens is 2. The van der Waals surface area contributed by atoms with Gasteiger partial charge in [0.2, 0.25) is 0 Å². The fraction of sp³-hybridized carbons (Fsp3) is 0.583. The Labute approximate surface area is 105 Å². The molecule has 0 bridgehead atoms. The zero-order valence-corrected chi connectivity index (χ0v) is 10.4. The summed E-state index contributed by atoms with van der Waals surface area (Å²) in [5.74, 6) is -0.831. The summed E-state index contributed by atoms with van der Waals surface area (Å²) in [6, 6.07) is 0. The van der Waals surface area contributed by atoms with Gasteiger partial charge in [-0.1, -0.05) is 6.92 Å². The second-order valence-corrected chi connectivity index (χ2v) is 4.52. The van der Waals surface area contributed by atoms with Crippen LogP contribution in [0.4, 0.5) is 5.82 Å². The van der Waals surface area contributed by atoms with Crippen LogP contribution in [0, 0.1) is 5.92 Å². The second kappa shape index (κ2) is 5.20. The van der Waals surface area contributed by atoms with Crippen molar-refractivity contribution in [3.05, 3.63) is 22.7 Å². The lowest BCUT2D eigenvalue weighted by molar-refractivity contribution is -0.140. The van der Waals surface area contributed by atoms with Crippen LogP contribution in [0.3, 0.4) is 0 Å². The molecule has 2 rings (SSSR count). The largest absolute Gasteiger partial charge is 0.481 e. The maximum atomic E-state index is 12.1. The zero-order chi connectivity index (χ0) is 13.1. The first-order valence-electron chi connectivity index (χ1n) is 6.16. The number of aliphatic carboxylic acids is 1. The summed E-state index contributed by atoms with van der Waals surface area (Å²) < 4.78 is 1.62. The van der Waals surface area contributed by atoms with Gasteiger partial charge in [0.05, 0.1) is 5.92 Å². The van der Waals surface area contributed by atoms with Gasteiger partial charge in [-0.15, -0.1) is 0 Å². The first kappa shape index (κ1) is 12.6. The summed E-state index contributed by atoms with van der Waals surface area (Å²) in [6.45, 7) is 3.61. The minimum Gasteiger partial charge on any atom is -0.481 e. The van der Waals surface area contributed by atoms with Crippen LogP contribution in [0.2, 0.25) is 0 Å². The zero-order valence-electron chi connectivity index (χ0n) is 10.4. The van der Waals surface area contributed by atoms with Crippen molar-refractivity contribution in [1.82, 2.24) is 9.55 Å². The molecule has 2 heterocycles. The van der Waals surface area contributed by atoms with E-state index in [1.807, 2.05) is 6.92 Å². The maximum Gasteiger partial charge on any atom is 0.308 e. The number of aryl methyl sites for hydroxylation is 1. The lowest BCUT2D eigenvalue weighted by atomic mass is 10.1. The quantitative estimate of drug-likeness (QED) is 0.846. The fourth-order valence-electron chi connectivity index (χ4n) is 2.22. The van der Waals surface area contributed by atoms with E-state index in [0.29, 0.717) is 31.9 Å². The van der Waals surface area contributed by atoms with E-state index >= 15 is 0 Å². The van der Waals surface area contributed by atoms with Crippen molar-refractivity contribution in [2.24, 2.45) is 5.92 Å². The van der Waals surface area contributed by atoms with E-state index in [2.05, 4.69) is 4.98 Å². The molecule has 0 aliphatic carbocycles. The van der Waals surface area contributed by atoms with E-state index in [4.69, 9.17) is 5.11 Å². The highest BCUT2D eigenvalue weighted by molar-refractivity contribution is 5.71. The molecule has 1 saturated heterocycles. The van der Waals surface area contributed by atoms with Crippen LogP contribution in [0.15, 0.2) is 17.2 Å². The maximum absolute atomic E-state index is 12.1. The number of carbonyl (C=O) groups is 1. The number of nitrogens with zero attached hydrogens (tertiary/aromatic N) is 3. The average Bonchev–Trinajstić information content (AvgIpc) is 2.81. The molecule has 0 aromatic carbocycles. The van der Waals surface area contributed by atoms with Crippen molar-refractivity contribution in [3.63, 3.8) is 0 Å². The minimum atomic E-state index is -0.803. The molecule has 0 spiro atoms. The number of hydrogen-bond acceptors (Lipinski definition) is 4. The fourth-order valence-corrected chi connectivity index (χ4v) is 2.22. The predicted octanol–water partition coefficient (Wildman–Crippen LogP) is 0.564. The molecule has 1 aliphatic heterocycles. The van der Waals surface area contributed by atoms with Crippen molar-refractivity contribution in [2.45, 2.75) is 26.3 Å². The van der Waals surface area contributed by atoms with Crippen LogP contribution in [-0.4, -0.2) is 33.7 Å². The Morgan fingerprint density at radius 1 is 1.61 bits per heavy atom. The molecule has 1 aromatic rings. The van der Waals surface area contributed by atoms with Crippen LogP contribution >= 0.6 is 0 Å². The van der Waals surface area contributed by atoms with Crippen molar-refractivity contribution < 1.29 is 9.90 Å². The molecule has 6 nitrogen and oxygen atoms in total. The highest BCUT2D eigenvalue weighted by Gasteiger charge is 2.30. The van der Waals surface area contributed by atoms with Gasteiger partial charge in [-0.25, -0.2) is 4.98 Å².